The van der Waals surface area contributed by atoms with Gasteiger partial charge < -0.3 is 15.3 Å². The molecule has 19 heavy (non-hydrogen) atoms. The van der Waals surface area contributed by atoms with E-state index in [1.54, 1.807) is 13.8 Å². The van der Waals surface area contributed by atoms with E-state index in [1.165, 1.54) is 4.90 Å². The van der Waals surface area contributed by atoms with Crippen LogP contribution in [0.4, 0.5) is 4.79 Å². The molecule has 5 nitrogen and oxygen atoms in total. The summed E-state index contributed by atoms with van der Waals surface area (Å²) in [6, 6.07) is -1.24. The molecule has 0 spiro atoms. The number of carbonyl (C=O) groups is 2. The Labute approximate surface area is 114 Å². The van der Waals surface area contributed by atoms with Crippen molar-refractivity contribution in [3.05, 3.63) is 0 Å². The Morgan fingerprint density at radius 3 is 2.53 bits per heavy atom. The van der Waals surface area contributed by atoms with E-state index in [2.05, 4.69) is 11.2 Å². The zero-order valence-corrected chi connectivity index (χ0v) is 12.0. The first-order valence-electron chi connectivity index (χ1n) is 6.40. The Hall–Kier alpha value is -1.70. The Morgan fingerprint density at radius 1 is 1.47 bits per heavy atom. The molecule has 2 amide bonds. The predicted octanol–water partition coefficient (Wildman–Crippen LogP) is 1.68. The first-order chi connectivity index (χ1) is 8.60. The van der Waals surface area contributed by atoms with Crippen LogP contribution < -0.4 is 5.32 Å². The second kappa shape index (κ2) is 5.12. The highest BCUT2D eigenvalue weighted by molar-refractivity contribution is 5.84. The zero-order valence-electron chi connectivity index (χ0n) is 12.0. The number of terminal acetylenes is 1. The first-order valence-corrected chi connectivity index (χ1v) is 6.40. The molecule has 0 aromatic heterocycles. The maximum atomic E-state index is 12.2. The average Bonchev–Trinajstić information content (AvgIpc) is 2.26. The summed E-state index contributed by atoms with van der Waals surface area (Å²) < 4.78 is 0. The van der Waals surface area contributed by atoms with Gasteiger partial charge in [0.2, 0.25) is 0 Å². The fourth-order valence-electron chi connectivity index (χ4n) is 2.45. The van der Waals surface area contributed by atoms with Crippen molar-refractivity contribution < 1.29 is 14.7 Å². The summed E-state index contributed by atoms with van der Waals surface area (Å²) in [6.07, 6.45) is 6.91. The highest BCUT2D eigenvalue weighted by atomic mass is 16.4. The Bertz CT molecular complexity index is 421. The van der Waals surface area contributed by atoms with Gasteiger partial charge in [-0.1, -0.05) is 19.8 Å². The van der Waals surface area contributed by atoms with Crippen molar-refractivity contribution in [1.29, 1.82) is 0 Å². The van der Waals surface area contributed by atoms with Gasteiger partial charge in [-0.05, 0) is 32.1 Å². The molecule has 0 aromatic rings. The number of nitrogens with zero attached hydrogens (tertiary/aromatic N) is 1. The monoisotopic (exact) mass is 266 g/mol. The van der Waals surface area contributed by atoms with E-state index in [1.807, 2.05) is 13.8 Å². The van der Waals surface area contributed by atoms with Gasteiger partial charge in [-0.2, -0.15) is 0 Å². The fraction of sp³-hybridized carbons (Fsp3) is 0.714. The third-order valence-electron chi connectivity index (χ3n) is 3.55. The normalized spacial score (nSPS) is 22.5. The van der Waals surface area contributed by atoms with Gasteiger partial charge in [0.1, 0.15) is 6.04 Å². The van der Waals surface area contributed by atoms with Crippen molar-refractivity contribution in [3.63, 3.8) is 0 Å². The van der Waals surface area contributed by atoms with Gasteiger partial charge in [-0.3, -0.25) is 0 Å². The van der Waals surface area contributed by atoms with Crippen LogP contribution in [0.15, 0.2) is 0 Å². The quantitative estimate of drug-likeness (QED) is 0.747. The number of nitrogens with one attached hydrogen (secondary N) is 1. The Balaban J connectivity index is 2.94. The number of urea groups is 1. The van der Waals surface area contributed by atoms with Crippen LogP contribution in [0.3, 0.4) is 0 Å². The molecule has 0 radical (unpaired) electrons. The number of carboxylic acid groups (broad SMARTS) is 1. The minimum absolute atomic E-state index is 0.414. The number of carbonyl (C=O) groups excluding carboxylic acids is 1. The van der Waals surface area contributed by atoms with Crippen LogP contribution in [0.1, 0.15) is 40.5 Å². The molecule has 2 N–H and O–H groups in total. The lowest BCUT2D eigenvalue weighted by atomic mass is 9.76. The number of rotatable bonds is 2. The summed E-state index contributed by atoms with van der Waals surface area (Å²) in [7, 11) is 0. The largest absolute Gasteiger partial charge is 0.480 e. The standard InChI is InChI=1S/C14H22N2O3/c1-6-14(4,5)15-12(19)16-9-7-8-13(2,3)10(16)11(17)18/h1,10H,7-9H2,2-5H3,(H,15,19)(H,17,18). The molecular formula is C14H22N2O3. The third kappa shape index (κ3) is 3.40. The molecule has 1 aliphatic heterocycles. The van der Waals surface area contributed by atoms with Gasteiger partial charge in [0.05, 0.1) is 5.54 Å². The van der Waals surface area contributed by atoms with Crippen molar-refractivity contribution in [1.82, 2.24) is 10.2 Å². The maximum Gasteiger partial charge on any atom is 0.327 e. The number of carboxylic acids is 1. The first kappa shape index (κ1) is 15.4. The van der Waals surface area contributed by atoms with E-state index in [9.17, 15) is 14.7 Å². The molecule has 0 aliphatic carbocycles. The molecular weight excluding hydrogens is 244 g/mol. The van der Waals surface area contributed by atoms with E-state index in [4.69, 9.17) is 6.42 Å². The van der Waals surface area contributed by atoms with Crippen molar-refractivity contribution in [2.24, 2.45) is 5.41 Å². The SMILES string of the molecule is C#CC(C)(C)NC(=O)N1CCCC(C)(C)C1C(=O)O. The number of hydrogen-bond acceptors (Lipinski definition) is 2. The van der Waals surface area contributed by atoms with Gasteiger partial charge in [0.15, 0.2) is 0 Å². The van der Waals surface area contributed by atoms with Gasteiger partial charge in [0.25, 0.3) is 0 Å². The maximum absolute atomic E-state index is 12.2. The number of aliphatic carboxylic acids is 1. The van der Waals surface area contributed by atoms with Crippen LogP contribution >= 0.6 is 0 Å². The van der Waals surface area contributed by atoms with E-state index in [0.717, 1.165) is 12.8 Å². The molecule has 5 heteroatoms. The second-order valence-corrected chi connectivity index (χ2v) is 6.23. The fourth-order valence-corrected chi connectivity index (χ4v) is 2.45. The Kier molecular flexibility index (Phi) is 4.14. The lowest BCUT2D eigenvalue weighted by molar-refractivity contribution is -0.148. The third-order valence-corrected chi connectivity index (χ3v) is 3.55. The van der Waals surface area contributed by atoms with E-state index in [0.29, 0.717) is 6.54 Å². The lowest BCUT2D eigenvalue weighted by Gasteiger charge is -2.44. The smallest absolute Gasteiger partial charge is 0.327 e. The molecule has 0 saturated carbocycles. The van der Waals surface area contributed by atoms with Crippen molar-refractivity contribution in [2.45, 2.75) is 52.1 Å². The minimum Gasteiger partial charge on any atom is -0.480 e. The predicted molar refractivity (Wildman–Crippen MR) is 72.6 cm³/mol. The van der Waals surface area contributed by atoms with E-state index >= 15 is 0 Å². The minimum atomic E-state index is -0.974. The summed E-state index contributed by atoms with van der Waals surface area (Å²) >= 11 is 0. The van der Waals surface area contributed by atoms with E-state index < -0.39 is 29.0 Å². The van der Waals surface area contributed by atoms with Crippen molar-refractivity contribution >= 4 is 12.0 Å². The van der Waals surface area contributed by atoms with Crippen LogP contribution in [0, 0.1) is 17.8 Å². The zero-order chi connectivity index (χ0) is 14.8. The van der Waals surface area contributed by atoms with Gasteiger partial charge in [-0.15, -0.1) is 6.42 Å². The Morgan fingerprint density at radius 2 is 2.05 bits per heavy atom. The van der Waals surface area contributed by atoms with Crippen LogP contribution in [0.5, 0.6) is 0 Å². The number of hydrogen-bond donors (Lipinski definition) is 2. The summed E-state index contributed by atoms with van der Waals surface area (Å²) in [5, 5.41) is 12.1. The summed E-state index contributed by atoms with van der Waals surface area (Å²) in [5.41, 5.74) is -1.23. The summed E-state index contributed by atoms with van der Waals surface area (Å²) in [5.74, 6) is 1.50. The van der Waals surface area contributed by atoms with Crippen molar-refractivity contribution in [3.8, 4) is 12.3 Å². The number of piperidine rings is 1. The summed E-state index contributed by atoms with van der Waals surface area (Å²) in [6.45, 7) is 7.59. The number of likely N-dealkylation sites (tertiary alicyclic amines) is 1. The topological polar surface area (TPSA) is 69.6 Å². The molecule has 1 unspecified atom stereocenters. The average molecular weight is 266 g/mol. The van der Waals surface area contributed by atoms with Gasteiger partial charge in [0, 0.05) is 6.54 Å². The summed E-state index contributed by atoms with van der Waals surface area (Å²) in [4.78, 5) is 25.1. The molecule has 1 rings (SSSR count). The van der Waals surface area contributed by atoms with E-state index in [-0.39, 0.29) is 0 Å². The second-order valence-electron chi connectivity index (χ2n) is 6.23. The molecule has 1 fully saturated rings. The molecule has 0 bridgehead atoms. The molecule has 1 atom stereocenters. The molecule has 0 aromatic carbocycles. The van der Waals surface area contributed by atoms with Crippen LogP contribution in [-0.4, -0.2) is 40.1 Å². The molecule has 106 valence electrons. The van der Waals surface area contributed by atoms with Crippen LogP contribution in [-0.2, 0) is 4.79 Å². The highest BCUT2D eigenvalue weighted by Crippen LogP contribution is 2.35. The lowest BCUT2D eigenvalue weighted by Crippen LogP contribution is -2.61. The molecule has 1 aliphatic rings. The number of amides is 2. The molecule has 1 saturated heterocycles. The van der Waals surface area contributed by atoms with Crippen molar-refractivity contribution in [2.75, 3.05) is 6.54 Å². The van der Waals surface area contributed by atoms with Crippen LogP contribution in [0.25, 0.3) is 0 Å². The van der Waals surface area contributed by atoms with Crippen LogP contribution in [0.2, 0.25) is 0 Å². The van der Waals surface area contributed by atoms with Gasteiger partial charge >= 0.3 is 12.0 Å². The highest BCUT2D eigenvalue weighted by Gasteiger charge is 2.45. The molecule has 1 heterocycles. The van der Waals surface area contributed by atoms with Gasteiger partial charge in [-0.25, -0.2) is 9.59 Å².